The molecule has 0 aromatic carbocycles. The Bertz CT molecular complexity index is 272. The maximum atomic E-state index is 5.78. The summed E-state index contributed by atoms with van der Waals surface area (Å²) in [5.74, 6) is 3.15. The van der Waals surface area contributed by atoms with Gasteiger partial charge in [-0.05, 0) is 50.4 Å². The highest BCUT2D eigenvalue weighted by atomic mass is 16.5. The first kappa shape index (κ1) is 19.3. The first-order valence-electron chi connectivity index (χ1n) is 10.9. The highest BCUT2D eigenvalue weighted by molar-refractivity contribution is 4.77. The van der Waals surface area contributed by atoms with Gasteiger partial charge in [-0.15, -0.1) is 0 Å². The fourth-order valence-corrected chi connectivity index (χ4v) is 4.96. The zero-order valence-electron chi connectivity index (χ0n) is 16.0. The summed E-state index contributed by atoms with van der Waals surface area (Å²) >= 11 is 0. The molecule has 2 rings (SSSR count). The molecule has 0 bridgehead atoms. The molecule has 0 radical (unpaired) electrons. The molecule has 2 saturated carbocycles. The van der Waals surface area contributed by atoms with Gasteiger partial charge >= 0.3 is 0 Å². The van der Waals surface area contributed by atoms with Crippen molar-refractivity contribution in [2.24, 2.45) is 17.8 Å². The highest BCUT2D eigenvalue weighted by Crippen LogP contribution is 2.37. The second-order valence-corrected chi connectivity index (χ2v) is 8.41. The Morgan fingerprint density at radius 2 is 1.13 bits per heavy atom. The van der Waals surface area contributed by atoms with Gasteiger partial charge in [-0.1, -0.05) is 77.6 Å². The van der Waals surface area contributed by atoms with Gasteiger partial charge in [-0.3, -0.25) is 0 Å². The van der Waals surface area contributed by atoms with Gasteiger partial charge in [0.1, 0.15) is 0 Å². The van der Waals surface area contributed by atoms with Gasteiger partial charge in [-0.25, -0.2) is 0 Å². The Morgan fingerprint density at radius 3 is 1.65 bits per heavy atom. The topological polar surface area (TPSA) is 9.23 Å². The summed E-state index contributed by atoms with van der Waals surface area (Å²) in [7, 11) is 0. The molecule has 0 aromatic rings. The Hall–Kier alpha value is -0.0400. The molecule has 0 atom stereocenters. The van der Waals surface area contributed by atoms with Crippen LogP contribution in [0.4, 0.5) is 0 Å². The first-order valence-corrected chi connectivity index (χ1v) is 10.9. The van der Waals surface area contributed by atoms with Crippen LogP contribution >= 0.6 is 0 Å². The standard InChI is InChI=1S/C22H42O/c1-3-5-6-7-8-19-9-11-20(12-10-19)13-14-21-15-17-22(18-16-21)23-4-2/h19-22H,3-18H2,1-2H3/t19-,20-,21-,22-. The van der Waals surface area contributed by atoms with Crippen molar-refractivity contribution in [3.63, 3.8) is 0 Å². The van der Waals surface area contributed by atoms with E-state index in [1.165, 1.54) is 96.3 Å². The van der Waals surface area contributed by atoms with Crippen molar-refractivity contribution in [3.05, 3.63) is 0 Å². The second kappa shape index (κ2) is 11.5. The van der Waals surface area contributed by atoms with Crippen molar-refractivity contribution in [1.82, 2.24) is 0 Å². The number of hydrogen-bond acceptors (Lipinski definition) is 1. The molecule has 0 unspecified atom stereocenters. The summed E-state index contributed by atoms with van der Waals surface area (Å²) in [6.45, 7) is 5.34. The lowest BCUT2D eigenvalue weighted by Gasteiger charge is -2.32. The van der Waals surface area contributed by atoms with Crippen LogP contribution in [0.3, 0.4) is 0 Å². The van der Waals surface area contributed by atoms with Crippen LogP contribution in [-0.4, -0.2) is 12.7 Å². The van der Waals surface area contributed by atoms with E-state index in [1.54, 1.807) is 0 Å². The van der Waals surface area contributed by atoms with Gasteiger partial charge in [0, 0.05) is 6.61 Å². The minimum Gasteiger partial charge on any atom is -0.379 e. The SMILES string of the molecule is CCCCCC[C@H]1CC[C@H](CC[C@H]2CC[C@H](OCC)CC2)CC1. The summed E-state index contributed by atoms with van der Waals surface area (Å²) in [5.41, 5.74) is 0. The molecule has 2 aliphatic carbocycles. The molecule has 2 aliphatic rings. The number of hydrogen-bond donors (Lipinski definition) is 0. The molecule has 0 N–H and O–H groups in total. The third-order valence-electron chi connectivity index (χ3n) is 6.61. The predicted octanol–water partition coefficient (Wildman–Crippen LogP) is 7.14. The molecule has 0 aromatic heterocycles. The fourth-order valence-electron chi connectivity index (χ4n) is 4.96. The Balaban J connectivity index is 1.50. The van der Waals surface area contributed by atoms with Crippen molar-refractivity contribution in [3.8, 4) is 0 Å². The summed E-state index contributed by atoms with van der Waals surface area (Å²) in [4.78, 5) is 0. The summed E-state index contributed by atoms with van der Waals surface area (Å²) < 4.78 is 5.78. The van der Waals surface area contributed by atoms with Gasteiger partial charge < -0.3 is 4.74 Å². The Labute approximate surface area is 146 Å². The molecule has 0 aliphatic heterocycles. The summed E-state index contributed by atoms with van der Waals surface area (Å²) in [5, 5.41) is 0. The van der Waals surface area contributed by atoms with Crippen LogP contribution in [0, 0.1) is 17.8 Å². The smallest absolute Gasteiger partial charge is 0.0575 e. The average molecular weight is 323 g/mol. The van der Waals surface area contributed by atoms with E-state index in [4.69, 9.17) is 4.74 Å². The molecule has 0 heterocycles. The average Bonchev–Trinajstić information content (AvgIpc) is 2.59. The van der Waals surface area contributed by atoms with Crippen LogP contribution in [0.1, 0.15) is 110 Å². The molecule has 2 fully saturated rings. The van der Waals surface area contributed by atoms with Gasteiger partial charge in [0.05, 0.1) is 6.10 Å². The van der Waals surface area contributed by atoms with E-state index >= 15 is 0 Å². The van der Waals surface area contributed by atoms with E-state index in [0.29, 0.717) is 6.10 Å². The Kier molecular flexibility index (Phi) is 9.65. The van der Waals surface area contributed by atoms with Crippen LogP contribution in [0.15, 0.2) is 0 Å². The van der Waals surface area contributed by atoms with E-state index in [-0.39, 0.29) is 0 Å². The molecule has 1 nitrogen and oxygen atoms in total. The van der Waals surface area contributed by atoms with Crippen molar-refractivity contribution in [1.29, 1.82) is 0 Å². The van der Waals surface area contributed by atoms with Crippen LogP contribution < -0.4 is 0 Å². The van der Waals surface area contributed by atoms with E-state index in [0.717, 1.165) is 24.4 Å². The highest BCUT2D eigenvalue weighted by Gasteiger charge is 2.24. The summed E-state index contributed by atoms with van der Waals surface area (Å²) in [6.07, 6.45) is 22.6. The molecule has 0 saturated heterocycles. The minimum atomic E-state index is 0.583. The van der Waals surface area contributed by atoms with Crippen LogP contribution in [0.2, 0.25) is 0 Å². The van der Waals surface area contributed by atoms with Gasteiger partial charge in [0.25, 0.3) is 0 Å². The van der Waals surface area contributed by atoms with Crippen molar-refractivity contribution >= 4 is 0 Å². The third-order valence-corrected chi connectivity index (χ3v) is 6.61. The number of rotatable bonds is 10. The molecular weight excluding hydrogens is 280 g/mol. The van der Waals surface area contributed by atoms with Gasteiger partial charge in [0.15, 0.2) is 0 Å². The normalized spacial score (nSPS) is 32.1. The number of unbranched alkanes of at least 4 members (excludes halogenated alkanes) is 3. The van der Waals surface area contributed by atoms with E-state index < -0.39 is 0 Å². The van der Waals surface area contributed by atoms with Crippen LogP contribution in [-0.2, 0) is 4.74 Å². The molecule has 23 heavy (non-hydrogen) atoms. The van der Waals surface area contributed by atoms with E-state index in [1.807, 2.05) is 0 Å². The quantitative estimate of drug-likeness (QED) is 0.388. The van der Waals surface area contributed by atoms with Crippen molar-refractivity contribution < 1.29 is 4.74 Å². The van der Waals surface area contributed by atoms with Gasteiger partial charge in [0.2, 0.25) is 0 Å². The molecular formula is C22H42O. The lowest BCUT2D eigenvalue weighted by molar-refractivity contribution is 0.0238. The largest absolute Gasteiger partial charge is 0.379 e. The minimum absolute atomic E-state index is 0.583. The second-order valence-electron chi connectivity index (χ2n) is 8.41. The van der Waals surface area contributed by atoms with E-state index in [2.05, 4.69) is 13.8 Å². The molecule has 1 heteroatoms. The number of ether oxygens (including phenoxy) is 1. The maximum Gasteiger partial charge on any atom is 0.0575 e. The van der Waals surface area contributed by atoms with Crippen molar-refractivity contribution in [2.75, 3.05) is 6.61 Å². The lowest BCUT2D eigenvalue weighted by atomic mass is 9.76. The van der Waals surface area contributed by atoms with Crippen LogP contribution in [0.5, 0.6) is 0 Å². The Morgan fingerprint density at radius 1 is 0.609 bits per heavy atom. The summed E-state index contributed by atoms with van der Waals surface area (Å²) in [6, 6.07) is 0. The van der Waals surface area contributed by atoms with Crippen LogP contribution in [0.25, 0.3) is 0 Å². The van der Waals surface area contributed by atoms with Gasteiger partial charge in [-0.2, -0.15) is 0 Å². The maximum absolute atomic E-state index is 5.78. The fraction of sp³-hybridized carbons (Fsp3) is 1.00. The zero-order valence-corrected chi connectivity index (χ0v) is 16.0. The monoisotopic (exact) mass is 322 g/mol. The van der Waals surface area contributed by atoms with Crippen molar-refractivity contribution in [2.45, 2.75) is 116 Å². The predicted molar refractivity (Wildman–Crippen MR) is 101 cm³/mol. The third kappa shape index (κ3) is 7.59. The molecule has 0 amide bonds. The molecule has 136 valence electrons. The lowest BCUT2D eigenvalue weighted by Crippen LogP contribution is -2.22. The zero-order chi connectivity index (χ0) is 16.3. The first-order chi connectivity index (χ1) is 11.3. The van der Waals surface area contributed by atoms with E-state index in [9.17, 15) is 0 Å². The molecule has 0 spiro atoms.